The third-order valence-electron chi connectivity index (χ3n) is 2.42. The number of hydrogen-bond donors (Lipinski definition) is 1. The van der Waals surface area contributed by atoms with Gasteiger partial charge in [0.1, 0.15) is 11.3 Å². The fourth-order valence-electron chi connectivity index (χ4n) is 1.53. The van der Waals surface area contributed by atoms with Gasteiger partial charge in [-0.3, -0.25) is 0 Å². The van der Waals surface area contributed by atoms with E-state index in [0.29, 0.717) is 6.54 Å². The van der Waals surface area contributed by atoms with Crippen LogP contribution in [0.1, 0.15) is 11.4 Å². The Morgan fingerprint density at radius 2 is 2.29 bits per heavy atom. The van der Waals surface area contributed by atoms with Crippen molar-refractivity contribution >= 4 is 11.2 Å². The van der Waals surface area contributed by atoms with Gasteiger partial charge in [-0.05, 0) is 31.5 Å². The molecule has 4 nitrogen and oxygen atoms in total. The smallest absolute Gasteiger partial charge is 0.159 e. The SMILES string of the molecule is Cc1nc2cc(CCN)cnc2n1C. The first-order chi connectivity index (χ1) is 6.72. The molecular weight excluding hydrogens is 176 g/mol. The standard InChI is InChI=1S/C10H14N4/c1-7-13-9-5-8(3-4-11)6-12-10(9)14(7)2/h5-6H,3-4,11H2,1-2H3. The van der Waals surface area contributed by atoms with Crippen LogP contribution in [0.2, 0.25) is 0 Å². The van der Waals surface area contributed by atoms with E-state index in [2.05, 4.69) is 16.0 Å². The second-order valence-corrected chi connectivity index (χ2v) is 3.44. The van der Waals surface area contributed by atoms with E-state index in [0.717, 1.165) is 29.0 Å². The van der Waals surface area contributed by atoms with Crippen LogP contribution in [0.4, 0.5) is 0 Å². The highest BCUT2D eigenvalue weighted by Crippen LogP contribution is 2.13. The van der Waals surface area contributed by atoms with Crippen molar-refractivity contribution in [1.82, 2.24) is 14.5 Å². The second kappa shape index (κ2) is 3.38. The van der Waals surface area contributed by atoms with Crippen molar-refractivity contribution in [2.45, 2.75) is 13.3 Å². The molecule has 0 atom stereocenters. The van der Waals surface area contributed by atoms with Gasteiger partial charge in [-0.25, -0.2) is 9.97 Å². The minimum atomic E-state index is 0.652. The minimum absolute atomic E-state index is 0.652. The molecule has 14 heavy (non-hydrogen) atoms. The molecule has 0 aliphatic carbocycles. The lowest BCUT2D eigenvalue weighted by molar-refractivity contribution is 0.872. The van der Waals surface area contributed by atoms with Gasteiger partial charge >= 0.3 is 0 Å². The summed E-state index contributed by atoms with van der Waals surface area (Å²) in [4.78, 5) is 8.78. The van der Waals surface area contributed by atoms with E-state index in [1.165, 1.54) is 0 Å². The van der Waals surface area contributed by atoms with Gasteiger partial charge in [0.25, 0.3) is 0 Å². The quantitative estimate of drug-likeness (QED) is 0.761. The maximum Gasteiger partial charge on any atom is 0.159 e. The molecule has 0 aliphatic heterocycles. The van der Waals surface area contributed by atoms with Crippen molar-refractivity contribution in [2.24, 2.45) is 12.8 Å². The Kier molecular flexibility index (Phi) is 2.21. The molecule has 0 spiro atoms. The number of nitrogens with zero attached hydrogens (tertiary/aromatic N) is 3. The monoisotopic (exact) mass is 190 g/mol. The zero-order chi connectivity index (χ0) is 10.1. The molecule has 2 heterocycles. The summed E-state index contributed by atoms with van der Waals surface area (Å²) >= 11 is 0. The van der Waals surface area contributed by atoms with Gasteiger partial charge in [-0.1, -0.05) is 0 Å². The number of imidazole rings is 1. The van der Waals surface area contributed by atoms with Crippen LogP contribution >= 0.6 is 0 Å². The summed E-state index contributed by atoms with van der Waals surface area (Å²) in [5.74, 6) is 0.984. The third-order valence-corrected chi connectivity index (χ3v) is 2.42. The van der Waals surface area contributed by atoms with Crippen molar-refractivity contribution in [3.63, 3.8) is 0 Å². The Bertz CT molecular complexity index is 458. The van der Waals surface area contributed by atoms with Crippen LogP contribution in [0.25, 0.3) is 11.2 Å². The van der Waals surface area contributed by atoms with Crippen molar-refractivity contribution in [3.05, 3.63) is 23.7 Å². The maximum atomic E-state index is 5.49. The molecule has 0 radical (unpaired) electrons. The molecule has 0 fully saturated rings. The first-order valence-corrected chi connectivity index (χ1v) is 4.70. The molecule has 0 amide bonds. The van der Waals surface area contributed by atoms with E-state index in [1.807, 2.05) is 24.7 Å². The minimum Gasteiger partial charge on any atom is -0.330 e. The largest absolute Gasteiger partial charge is 0.330 e. The highest BCUT2D eigenvalue weighted by Gasteiger charge is 2.05. The van der Waals surface area contributed by atoms with Gasteiger partial charge in [0.2, 0.25) is 0 Å². The molecule has 0 aliphatic rings. The van der Waals surface area contributed by atoms with Crippen molar-refractivity contribution in [2.75, 3.05) is 6.54 Å². The fourth-order valence-corrected chi connectivity index (χ4v) is 1.53. The van der Waals surface area contributed by atoms with Gasteiger partial charge in [0.05, 0.1) is 0 Å². The molecule has 0 saturated heterocycles. The molecule has 2 rings (SSSR count). The van der Waals surface area contributed by atoms with Gasteiger partial charge in [-0.2, -0.15) is 0 Å². The van der Waals surface area contributed by atoms with Gasteiger partial charge < -0.3 is 10.3 Å². The van der Waals surface area contributed by atoms with Gasteiger partial charge in [0, 0.05) is 13.2 Å². The summed E-state index contributed by atoms with van der Waals surface area (Å²) in [5.41, 5.74) is 8.53. The normalized spacial score (nSPS) is 11.1. The van der Waals surface area contributed by atoms with Crippen LogP contribution in [0.15, 0.2) is 12.3 Å². The van der Waals surface area contributed by atoms with E-state index in [-0.39, 0.29) is 0 Å². The topological polar surface area (TPSA) is 56.7 Å². The highest BCUT2D eigenvalue weighted by atomic mass is 15.1. The highest BCUT2D eigenvalue weighted by molar-refractivity contribution is 5.71. The van der Waals surface area contributed by atoms with Crippen LogP contribution in [0, 0.1) is 6.92 Å². The van der Waals surface area contributed by atoms with Crippen LogP contribution in [-0.2, 0) is 13.5 Å². The molecular formula is C10H14N4. The maximum absolute atomic E-state index is 5.49. The summed E-state index contributed by atoms with van der Waals surface area (Å²) < 4.78 is 1.99. The average Bonchev–Trinajstić information content (AvgIpc) is 2.43. The molecule has 0 aromatic carbocycles. The van der Waals surface area contributed by atoms with Gasteiger partial charge in [0.15, 0.2) is 5.65 Å². The Morgan fingerprint density at radius 3 is 3.00 bits per heavy atom. The summed E-state index contributed by atoms with van der Waals surface area (Å²) in [7, 11) is 1.97. The zero-order valence-electron chi connectivity index (χ0n) is 8.49. The summed E-state index contributed by atoms with van der Waals surface area (Å²) in [6.07, 6.45) is 2.73. The molecule has 4 heteroatoms. The Morgan fingerprint density at radius 1 is 1.50 bits per heavy atom. The van der Waals surface area contributed by atoms with Gasteiger partial charge in [-0.15, -0.1) is 0 Å². The van der Waals surface area contributed by atoms with Crippen molar-refractivity contribution in [3.8, 4) is 0 Å². The van der Waals surface area contributed by atoms with Crippen LogP contribution in [0.5, 0.6) is 0 Å². The summed E-state index contributed by atoms with van der Waals surface area (Å²) in [5, 5.41) is 0. The predicted octanol–water partition coefficient (Wildman–Crippen LogP) is 0.778. The molecule has 2 aromatic heterocycles. The number of nitrogens with two attached hydrogens (primary N) is 1. The number of pyridine rings is 1. The van der Waals surface area contributed by atoms with E-state index in [4.69, 9.17) is 5.73 Å². The fraction of sp³-hybridized carbons (Fsp3) is 0.400. The van der Waals surface area contributed by atoms with E-state index in [9.17, 15) is 0 Å². The van der Waals surface area contributed by atoms with E-state index < -0.39 is 0 Å². The Labute approximate surface area is 82.8 Å². The summed E-state index contributed by atoms with van der Waals surface area (Å²) in [6.45, 7) is 2.63. The van der Waals surface area contributed by atoms with Crippen molar-refractivity contribution in [1.29, 1.82) is 0 Å². The molecule has 0 bridgehead atoms. The number of fused-ring (bicyclic) bond motifs is 1. The van der Waals surface area contributed by atoms with Crippen LogP contribution in [0.3, 0.4) is 0 Å². The van der Waals surface area contributed by atoms with Crippen molar-refractivity contribution < 1.29 is 0 Å². The lowest BCUT2D eigenvalue weighted by Gasteiger charge is -1.98. The first-order valence-electron chi connectivity index (χ1n) is 4.70. The zero-order valence-corrected chi connectivity index (χ0v) is 8.49. The number of rotatable bonds is 2. The number of hydrogen-bond acceptors (Lipinski definition) is 3. The number of aryl methyl sites for hydroxylation is 2. The molecule has 0 saturated carbocycles. The van der Waals surface area contributed by atoms with E-state index in [1.54, 1.807) is 0 Å². The molecule has 74 valence electrons. The second-order valence-electron chi connectivity index (χ2n) is 3.44. The van der Waals surface area contributed by atoms with Crippen LogP contribution < -0.4 is 5.73 Å². The average molecular weight is 190 g/mol. The summed E-state index contributed by atoms with van der Waals surface area (Å²) in [6, 6.07) is 2.06. The van der Waals surface area contributed by atoms with E-state index >= 15 is 0 Å². The molecule has 0 unspecified atom stereocenters. The van der Waals surface area contributed by atoms with Crippen LogP contribution in [-0.4, -0.2) is 21.1 Å². The number of aromatic nitrogens is 3. The molecule has 2 N–H and O–H groups in total. The molecule has 2 aromatic rings. The first kappa shape index (κ1) is 9.15. The lowest BCUT2D eigenvalue weighted by Crippen LogP contribution is -2.03. The Hall–Kier alpha value is -1.42. The lowest BCUT2D eigenvalue weighted by atomic mass is 10.2. The predicted molar refractivity (Wildman–Crippen MR) is 56.0 cm³/mol. The Balaban J connectivity index is 2.56. The third kappa shape index (κ3) is 1.37.